The second-order valence-electron chi connectivity index (χ2n) is 3.73. The molecule has 0 unspecified atom stereocenters. The van der Waals surface area contributed by atoms with Crippen LogP contribution in [0.4, 0.5) is 0 Å². The topological polar surface area (TPSA) is 49.6 Å². The zero-order valence-electron chi connectivity index (χ0n) is 8.73. The van der Waals surface area contributed by atoms with Crippen LogP contribution in [0.5, 0.6) is 0 Å². The van der Waals surface area contributed by atoms with E-state index in [1.165, 1.54) is 0 Å². The molecule has 2 rings (SSSR count). The van der Waals surface area contributed by atoms with Crippen molar-refractivity contribution in [3.8, 4) is 6.07 Å². The number of fused-ring (bicyclic) bond motifs is 1. The standard InChI is InChI=1S/C12H11N3/c1-8(2)10-7-15-11(6-13)12-9(10)4-3-5-14-12/h3-5,7-8H,1-2H3. The van der Waals surface area contributed by atoms with Gasteiger partial charge < -0.3 is 0 Å². The van der Waals surface area contributed by atoms with Crippen molar-refractivity contribution in [2.24, 2.45) is 0 Å². The number of aromatic nitrogens is 2. The van der Waals surface area contributed by atoms with Gasteiger partial charge in [0.1, 0.15) is 11.6 Å². The number of pyridine rings is 2. The van der Waals surface area contributed by atoms with Crippen LogP contribution in [0, 0.1) is 11.3 Å². The smallest absolute Gasteiger partial charge is 0.166 e. The molecule has 2 aromatic heterocycles. The quantitative estimate of drug-likeness (QED) is 0.706. The molecular weight excluding hydrogens is 186 g/mol. The molecule has 0 aliphatic carbocycles. The third kappa shape index (κ3) is 1.55. The van der Waals surface area contributed by atoms with Gasteiger partial charge in [-0.15, -0.1) is 0 Å². The predicted octanol–water partition coefficient (Wildman–Crippen LogP) is 2.62. The zero-order valence-corrected chi connectivity index (χ0v) is 8.73. The lowest BCUT2D eigenvalue weighted by molar-refractivity contribution is 0.867. The van der Waals surface area contributed by atoms with Gasteiger partial charge in [0.05, 0.1) is 0 Å². The summed E-state index contributed by atoms with van der Waals surface area (Å²) < 4.78 is 0. The molecule has 0 spiro atoms. The maximum Gasteiger partial charge on any atom is 0.166 e. The normalized spacial score (nSPS) is 10.5. The van der Waals surface area contributed by atoms with Gasteiger partial charge in [-0.2, -0.15) is 5.26 Å². The average molecular weight is 197 g/mol. The van der Waals surface area contributed by atoms with Gasteiger partial charge in [0.15, 0.2) is 5.69 Å². The second-order valence-corrected chi connectivity index (χ2v) is 3.73. The van der Waals surface area contributed by atoms with E-state index in [2.05, 4.69) is 29.9 Å². The highest BCUT2D eigenvalue weighted by Crippen LogP contribution is 2.24. The third-order valence-corrected chi connectivity index (χ3v) is 2.40. The lowest BCUT2D eigenvalue weighted by Gasteiger charge is -2.08. The van der Waals surface area contributed by atoms with Gasteiger partial charge in [0.25, 0.3) is 0 Å². The largest absolute Gasteiger partial charge is 0.253 e. The zero-order chi connectivity index (χ0) is 10.8. The van der Waals surface area contributed by atoms with E-state index < -0.39 is 0 Å². The van der Waals surface area contributed by atoms with Crippen LogP contribution in [0.25, 0.3) is 10.9 Å². The summed E-state index contributed by atoms with van der Waals surface area (Å²) in [5, 5.41) is 9.94. The molecule has 3 nitrogen and oxygen atoms in total. The minimum absolute atomic E-state index is 0.386. The second kappa shape index (κ2) is 3.66. The van der Waals surface area contributed by atoms with E-state index in [9.17, 15) is 0 Å². The van der Waals surface area contributed by atoms with E-state index in [4.69, 9.17) is 5.26 Å². The molecule has 0 aromatic carbocycles. The summed E-state index contributed by atoms with van der Waals surface area (Å²) in [5.41, 5.74) is 2.23. The fourth-order valence-corrected chi connectivity index (χ4v) is 1.63. The Morgan fingerprint density at radius 3 is 2.80 bits per heavy atom. The molecule has 3 heteroatoms. The molecule has 0 aliphatic rings. The first-order chi connectivity index (χ1) is 7.24. The first-order valence-corrected chi connectivity index (χ1v) is 4.87. The molecule has 0 saturated heterocycles. The summed E-state index contributed by atoms with van der Waals surface area (Å²) in [7, 11) is 0. The van der Waals surface area contributed by atoms with Crippen molar-refractivity contribution in [1.29, 1.82) is 5.26 Å². The maximum absolute atomic E-state index is 8.91. The molecule has 0 fully saturated rings. The Labute approximate surface area is 88.4 Å². The van der Waals surface area contributed by atoms with Crippen molar-refractivity contribution < 1.29 is 0 Å². The fourth-order valence-electron chi connectivity index (χ4n) is 1.63. The molecule has 74 valence electrons. The molecule has 0 atom stereocenters. The van der Waals surface area contributed by atoms with Crippen molar-refractivity contribution in [1.82, 2.24) is 9.97 Å². The summed E-state index contributed by atoms with van der Waals surface area (Å²) in [6, 6.07) is 5.93. The average Bonchev–Trinajstić information content (AvgIpc) is 2.27. The summed E-state index contributed by atoms with van der Waals surface area (Å²) in [4.78, 5) is 8.33. The fraction of sp³-hybridized carbons (Fsp3) is 0.250. The monoisotopic (exact) mass is 197 g/mol. The van der Waals surface area contributed by atoms with Gasteiger partial charge in [-0.05, 0) is 17.5 Å². The highest BCUT2D eigenvalue weighted by molar-refractivity contribution is 5.85. The predicted molar refractivity (Wildman–Crippen MR) is 58.3 cm³/mol. The minimum Gasteiger partial charge on any atom is -0.253 e. The summed E-state index contributed by atoms with van der Waals surface area (Å²) in [6.45, 7) is 4.21. The van der Waals surface area contributed by atoms with Crippen LogP contribution in [0.15, 0.2) is 24.5 Å². The van der Waals surface area contributed by atoms with Crippen LogP contribution >= 0.6 is 0 Å². The maximum atomic E-state index is 8.91. The molecule has 2 heterocycles. The van der Waals surface area contributed by atoms with E-state index >= 15 is 0 Å². The molecule has 0 radical (unpaired) electrons. The number of hydrogen-bond donors (Lipinski definition) is 0. The highest BCUT2D eigenvalue weighted by atomic mass is 14.7. The lowest BCUT2D eigenvalue weighted by Crippen LogP contribution is -1.96. The molecule has 0 aliphatic heterocycles. The number of hydrogen-bond acceptors (Lipinski definition) is 3. The van der Waals surface area contributed by atoms with Crippen LogP contribution in [0.2, 0.25) is 0 Å². The molecule has 2 aromatic rings. The van der Waals surface area contributed by atoms with E-state index in [0.717, 1.165) is 10.9 Å². The van der Waals surface area contributed by atoms with Crippen LogP contribution in [-0.2, 0) is 0 Å². The molecule has 0 bridgehead atoms. The molecular formula is C12H11N3. The Balaban J connectivity index is 2.85. The molecule has 0 N–H and O–H groups in total. The van der Waals surface area contributed by atoms with Crippen molar-refractivity contribution in [3.05, 3.63) is 35.8 Å². The molecule has 0 amide bonds. The van der Waals surface area contributed by atoms with Gasteiger partial charge in [0, 0.05) is 17.8 Å². The molecule has 0 saturated carbocycles. The Hall–Kier alpha value is -1.95. The number of nitriles is 1. The van der Waals surface area contributed by atoms with E-state index in [-0.39, 0.29) is 0 Å². The third-order valence-electron chi connectivity index (χ3n) is 2.40. The first-order valence-electron chi connectivity index (χ1n) is 4.87. The summed E-state index contributed by atoms with van der Waals surface area (Å²) >= 11 is 0. The SMILES string of the molecule is CC(C)c1cnc(C#N)c2ncccc12. The van der Waals surface area contributed by atoms with Gasteiger partial charge in [-0.25, -0.2) is 4.98 Å². The Kier molecular flexibility index (Phi) is 2.34. The van der Waals surface area contributed by atoms with Crippen molar-refractivity contribution in [3.63, 3.8) is 0 Å². The van der Waals surface area contributed by atoms with E-state index in [1.54, 1.807) is 12.4 Å². The Morgan fingerprint density at radius 1 is 1.33 bits per heavy atom. The summed E-state index contributed by atoms with van der Waals surface area (Å²) in [5.74, 6) is 0.386. The van der Waals surface area contributed by atoms with Crippen LogP contribution < -0.4 is 0 Å². The Bertz CT molecular complexity index is 538. The van der Waals surface area contributed by atoms with Crippen molar-refractivity contribution in [2.45, 2.75) is 19.8 Å². The molecule has 15 heavy (non-hydrogen) atoms. The minimum atomic E-state index is 0.386. The van der Waals surface area contributed by atoms with Gasteiger partial charge in [0.2, 0.25) is 0 Å². The first kappa shape index (κ1) is 9.60. The van der Waals surface area contributed by atoms with Crippen molar-refractivity contribution in [2.75, 3.05) is 0 Å². The van der Waals surface area contributed by atoms with E-state index in [0.29, 0.717) is 17.1 Å². The van der Waals surface area contributed by atoms with Crippen LogP contribution in [0.3, 0.4) is 0 Å². The Morgan fingerprint density at radius 2 is 2.13 bits per heavy atom. The number of nitrogens with zero attached hydrogens (tertiary/aromatic N) is 3. The van der Waals surface area contributed by atoms with Crippen molar-refractivity contribution >= 4 is 10.9 Å². The van der Waals surface area contributed by atoms with Crippen LogP contribution in [0.1, 0.15) is 31.0 Å². The van der Waals surface area contributed by atoms with Gasteiger partial charge in [-0.1, -0.05) is 19.9 Å². The van der Waals surface area contributed by atoms with Gasteiger partial charge >= 0.3 is 0 Å². The van der Waals surface area contributed by atoms with Crippen LogP contribution in [-0.4, -0.2) is 9.97 Å². The summed E-state index contributed by atoms with van der Waals surface area (Å²) in [6.07, 6.45) is 3.46. The van der Waals surface area contributed by atoms with E-state index in [1.807, 2.05) is 12.1 Å². The number of rotatable bonds is 1. The lowest BCUT2D eigenvalue weighted by atomic mass is 10.00. The highest BCUT2D eigenvalue weighted by Gasteiger charge is 2.09. The van der Waals surface area contributed by atoms with Gasteiger partial charge in [-0.3, -0.25) is 4.98 Å².